The molecule has 0 aromatic heterocycles. The van der Waals surface area contributed by atoms with Crippen molar-refractivity contribution < 1.29 is 22.7 Å². The molecule has 2 aromatic carbocycles. The molecule has 1 amide bonds. The van der Waals surface area contributed by atoms with Crippen LogP contribution in [0.5, 0.6) is 11.5 Å². The van der Waals surface area contributed by atoms with Gasteiger partial charge in [0.05, 0.1) is 18.5 Å². The van der Waals surface area contributed by atoms with Crippen LogP contribution in [0, 0.1) is 0 Å². The number of anilines is 1. The summed E-state index contributed by atoms with van der Waals surface area (Å²) in [4.78, 5) is 12.3. The Bertz CT molecular complexity index is 901. The molecule has 0 saturated carbocycles. The highest BCUT2D eigenvalue weighted by molar-refractivity contribution is 7.92. The topological polar surface area (TPSA) is 84.9 Å². The zero-order valence-electron chi connectivity index (χ0n) is 16.6. The van der Waals surface area contributed by atoms with Gasteiger partial charge in [0, 0.05) is 12.1 Å². The van der Waals surface area contributed by atoms with Crippen LogP contribution in [-0.4, -0.2) is 46.9 Å². The molecule has 29 heavy (non-hydrogen) atoms. The zero-order valence-corrected chi connectivity index (χ0v) is 18.2. The normalized spacial score (nSPS) is 12.1. The Kier molecular flexibility index (Phi) is 8.16. The minimum atomic E-state index is -3.34. The Hall–Kier alpha value is -2.45. The highest BCUT2D eigenvalue weighted by atomic mass is 35.5. The van der Waals surface area contributed by atoms with Crippen molar-refractivity contribution in [3.05, 3.63) is 53.6 Å². The van der Waals surface area contributed by atoms with Crippen LogP contribution in [-0.2, 0) is 14.8 Å². The summed E-state index contributed by atoms with van der Waals surface area (Å²) >= 11 is 5.82. The van der Waals surface area contributed by atoms with Crippen molar-refractivity contribution in [3.63, 3.8) is 0 Å². The number of nitrogens with one attached hydrogen (secondary N) is 1. The van der Waals surface area contributed by atoms with Crippen molar-refractivity contribution in [2.45, 2.75) is 19.4 Å². The maximum Gasteiger partial charge on any atom is 0.261 e. The number of halogens is 1. The van der Waals surface area contributed by atoms with E-state index in [1.165, 1.54) is 11.4 Å². The van der Waals surface area contributed by atoms with Crippen LogP contribution in [0.1, 0.15) is 13.3 Å². The molecule has 0 fully saturated rings. The summed E-state index contributed by atoms with van der Waals surface area (Å²) in [7, 11) is -1.86. The summed E-state index contributed by atoms with van der Waals surface area (Å²) in [5.41, 5.74) is 0.511. The van der Waals surface area contributed by atoms with E-state index in [-0.39, 0.29) is 5.91 Å². The van der Waals surface area contributed by atoms with Gasteiger partial charge in [0.15, 0.2) is 6.10 Å². The van der Waals surface area contributed by atoms with Gasteiger partial charge in [-0.15, -0.1) is 0 Å². The first-order chi connectivity index (χ1) is 13.7. The smallest absolute Gasteiger partial charge is 0.261 e. The van der Waals surface area contributed by atoms with Crippen LogP contribution in [0.3, 0.4) is 0 Å². The number of sulfonamides is 1. The van der Waals surface area contributed by atoms with Gasteiger partial charge in [0.2, 0.25) is 10.0 Å². The van der Waals surface area contributed by atoms with E-state index in [1.54, 1.807) is 48.5 Å². The lowest BCUT2D eigenvalue weighted by Gasteiger charge is -2.19. The molecule has 2 aromatic rings. The van der Waals surface area contributed by atoms with Crippen molar-refractivity contribution in [1.29, 1.82) is 0 Å². The molecule has 2 rings (SSSR count). The van der Waals surface area contributed by atoms with Crippen LogP contribution in [0.15, 0.2) is 48.5 Å². The van der Waals surface area contributed by atoms with Gasteiger partial charge >= 0.3 is 0 Å². The predicted octanol–water partition coefficient (Wildman–Crippen LogP) is 3.09. The molecule has 7 nitrogen and oxygen atoms in total. The average Bonchev–Trinajstić information content (AvgIpc) is 2.69. The Morgan fingerprint density at radius 2 is 1.69 bits per heavy atom. The van der Waals surface area contributed by atoms with E-state index < -0.39 is 16.1 Å². The van der Waals surface area contributed by atoms with Gasteiger partial charge in [-0.25, -0.2) is 8.42 Å². The predicted molar refractivity (Wildman–Crippen MR) is 114 cm³/mol. The van der Waals surface area contributed by atoms with E-state index in [1.807, 2.05) is 6.92 Å². The summed E-state index contributed by atoms with van der Waals surface area (Å²) in [6, 6.07) is 13.5. The third-order valence-electron chi connectivity index (χ3n) is 4.12. The lowest BCUT2D eigenvalue weighted by atomic mass is 10.2. The van der Waals surface area contributed by atoms with Gasteiger partial charge in [-0.3, -0.25) is 9.10 Å². The lowest BCUT2D eigenvalue weighted by Crippen LogP contribution is -2.39. The Balaban J connectivity index is 1.83. The third kappa shape index (κ3) is 7.14. The molecule has 158 valence electrons. The zero-order chi connectivity index (χ0) is 21.4. The Morgan fingerprint density at radius 3 is 2.24 bits per heavy atom. The van der Waals surface area contributed by atoms with Crippen molar-refractivity contribution in [2.24, 2.45) is 0 Å². The second-order valence-corrected chi connectivity index (χ2v) is 8.78. The molecule has 0 bridgehead atoms. The fraction of sp³-hybridized carbons (Fsp3) is 0.350. The van der Waals surface area contributed by atoms with Gasteiger partial charge < -0.3 is 14.8 Å². The van der Waals surface area contributed by atoms with Crippen molar-refractivity contribution in [1.82, 2.24) is 5.32 Å². The van der Waals surface area contributed by atoms with E-state index in [0.29, 0.717) is 41.8 Å². The first kappa shape index (κ1) is 22.8. The van der Waals surface area contributed by atoms with Gasteiger partial charge in [0.1, 0.15) is 18.1 Å². The second kappa shape index (κ2) is 10.4. The number of amides is 1. The number of carbonyl (C=O) groups excluding carboxylic acids is 1. The quantitative estimate of drug-likeness (QED) is 0.574. The molecule has 0 aliphatic rings. The number of hydrogen-bond donors (Lipinski definition) is 1. The molecule has 0 aliphatic heterocycles. The third-order valence-corrected chi connectivity index (χ3v) is 5.58. The summed E-state index contributed by atoms with van der Waals surface area (Å²) in [5, 5.41) is 3.41. The van der Waals surface area contributed by atoms with E-state index in [9.17, 15) is 13.2 Å². The fourth-order valence-electron chi connectivity index (χ4n) is 2.40. The number of rotatable bonds is 10. The summed E-state index contributed by atoms with van der Waals surface area (Å²) in [5.74, 6) is 0.908. The first-order valence-electron chi connectivity index (χ1n) is 9.07. The summed E-state index contributed by atoms with van der Waals surface area (Å²) < 4.78 is 35.6. The molecule has 1 N–H and O–H groups in total. The minimum Gasteiger partial charge on any atom is -0.492 e. The average molecular weight is 441 g/mol. The van der Waals surface area contributed by atoms with E-state index in [4.69, 9.17) is 21.1 Å². The fourth-order valence-corrected chi connectivity index (χ4v) is 3.03. The van der Waals surface area contributed by atoms with Crippen LogP contribution >= 0.6 is 11.6 Å². The summed E-state index contributed by atoms with van der Waals surface area (Å²) in [6.07, 6.45) is 0.949. The van der Waals surface area contributed by atoms with E-state index >= 15 is 0 Å². The van der Waals surface area contributed by atoms with Crippen molar-refractivity contribution in [3.8, 4) is 11.5 Å². The SMILES string of the molecule is CC[C@H](Oc1ccc(N(C)S(C)(=O)=O)cc1)C(=O)NCCOc1ccc(Cl)cc1. The number of benzene rings is 2. The highest BCUT2D eigenvalue weighted by Crippen LogP contribution is 2.21. The molecule has 0 unspecified atom stereocenters. The lowest BCUT2D eigenvalue weighted by molar-refractivity contribution is -0.128. The van der Waals surface area contributed by atoms with Crippen LogP contribution in [0.2, 0.25) is 5.02 Å². The number of nitrogens with zero attached hydrogens (tertiary/aromatic N) is 1. The highest BCUT2D eigenvalue weighted by Gasteiger charge is 2.18. The molecule has 9 heteroatoms. The largest absolute Gasteiger partial charge is 0.492 e. The second-order valence-electron chi connectivity index (χ2n) is 6.33. The minimum absolute atomic E-state index is 0.246. The van der Waals surface area contributed by atoms with Gasteiger partial charge in [-0.2, -0.15) is 0 Å². The number of ether oxygens (including phenoxy) is 2. The van der Waals surface area contributed by atoms with E-state index in [2.05, 4.69) is 5.32 Å². The standard InChI is InChI=1S/C20H25ClN2O5S/c1-4-19(20(24)22-13-14-27-17-9-5-15(21)6-10-17)28-18-11-7-16(8-12-18)23(2)29(3,25)26/h5-12,19H,4,13-14H2,1-3H3,(H,22,24)/t19-/m0/s1. The molecule has 1 atom stereocenters. The molecular weight excluding hydrogens is 416 g/mol. The van der Waals surface area contributed by atoms with E-state index in [0.717, 1.165) is 6.26 Å². The first-order valence-corrected chi connectivity index (χ1v) is 11.3. The van der Waals surface area contributed by atoms with Gasteiger partial charge in [0.25, 0.3) is 5.91 Å². The molecule has 0 radical (unpaired) electrons. The Morgan fingerprint density at radius 1 is 1.10 bits per heavy atom. The van der Waals surface area contributed by atoms with Crippen LogP contribution in [0.25, 0.3) is 0 Å². The monoisotopic (exact) mass is 440 g/mol. The van der Waals surface area contributed by atoms with Gasteiger partial charge in [-0.05, 0) is 55.0 Å². The molecule has 0 aliphatic carbocycles. The van der Waals surface area contributed by atoms with Gasteiger partial charge in [-0.1, -0.05) is 18.5 Å². The van der Waals surface area contributed by atoms with Crippen LogP contribution < -0.4 is 19.1 Å². The maximum atomic E-state index is 12.3. The molecule has 0 spiro atoms. The molecular formula is C20H25ClN2O5S. The van der Waals surface area contributed by atoms with Crippen molar-refractivity contribution in [2.75, 3.05) is 30.8 Å². The number of hydrogen-bond acceptors (Lipinski definition) is 5. The van der Waals surface area contributed by atoms with Crippen LogP contribution in [0.4, 0.5) is 5.69 Å². The number of carbonyl (C=O) groups is 1. The van der Waals surface area contributed by atoms with Crippen molar-refractivity contribution >= 4 is 33.2 Å². The molecule has 0 saturated heterocycles. The Labute approximate surface area is 176 Å². The summed E-state index contributed by atoms with van der Waals surface area (Å²) in [6.45, 7) is 2.50. The maximum absolute atomic E-state index is 12.3. The molecule has 0 heterocycles.